The van der Waals surface area contributed by atoms with Crippen LogP contribution in [0.1, 0.15) is 29.9 Å². The number of hydrogen-bond acceptors (Lipinski definition) is 2. The molecule has 0 atom stereocenters. The van der Waals surface area contributed by atoms with Gasteiger partial charge in [-0.3, -0.25) is 4.79 Å². The van der Waals surface area contributed by atoms with Gasteiger partial charge in [-0.1, -0.05) is 46.3 Å². The number of carbonyl (C=O) groups is 1. The topological polar surface area (TPSA) is 29.5 Å². The molecule has 1 fully saturated rings. The van der Waals surface area contributed by atoms with Gasteiger partial charge in [0, 0.05) is 29.2 Å². The molecule has 0 radical (unpaired) electrons. The summed E-state index contributed by atoms with van der Waals surface area (Å²) in [7, 11) is 1.64. The largest absolute Gasteiger partial charge is 0.496 e. The summed E-state index contributed by atoms with van der Waals surface area (Å²) < 4.78 is 6.31. The Kier molecular flexibility index (Phi) is 5.92. The second kappa shape index (κ2) is 8.34. The van der Waals surface area contributed by atoms with Gasteiger partial charge in [0.25, 0.3) is 0 Å². The number of carbonyl (C=O) groups excluding carboxylic acids is 1. The van der Waals surface area contributed by atoms with E-state index >= 15 is 0 Å². The van der Waals surface area contributed by atoms with Crippen LogP contribution in [0.25, 0.3) is 6.08 Å². The summed E-state index contributed by atoms with van der Waals surface area (Å²) in [5.41, 5.74) is 2.27. The molecule has 130 valence electrons. The molecule has 1 saturated heterocycles. The maximum Gasteiger partial charge on any atom is 0.246 e. The molecule has 1 amide bonds. The van der Waals surface area contributed by atoms with Gasteiger partial charge >= 0.3 is 0 Å². The van der Waals surface area contributed by atoms with E-state index in [0.717, 1.165) is 41.7 Å². The minimum atomic E-state index is 0.0635. The van der Waals surface area contributed by atoms with E-state index in [1.807, 2.05) is 35.2 Å². The second-order valence-corrected chi connectivity index (χ2v) is 7.15. The maximum absolute atomic E-state index is 12.5. The molecular weight excluding hydrogens is 378 g/mol. The minimum absolute atomic E-state index is 0.0635. The summed E-state index contributed by atoms with van der Waals surface area (Å²) in [6.45, 7) is 1.61. The van der Waals surface area contributed by atoms with Crippen molar-refractivity contribution in [1.29, 1.82) is 0 Å². The highest BCUT2D eigenvalue weighted by molar-refractivity contribution is 9.10. The van der Waals surface area contributed by atoms with Gasteiger partial charge in [0.1, 0.15) is 5.75 Å². The molecular formula is C21H22BrNO2. The third-order valence-corrected chi connectivity index (χ3v) is 5.17. The number of ether oxygens (including phenoxy) is 1. The molecule has 1 heterocycles. The molecule has 4 heteroatoms. The van der Waals surface area contributed by atoms with Crippen LogP contribution in [0.2, 0.25) is 0 Å². The molecule has 0 saturated carbocycles. The van der Waals surface area contributed by atoms with Crippen LogP contribution in [0.5, 0.6) is 5.75 Å². The zero-order valence-electron chi connectivity index (χ0n) is 14.3. The van der Waals surface area contributed by atoms with Crippen LogP contribution in [0.15, 0.2) is 59.1 Å². The van der Waals surface area contributed by atoms with E-state index in [1.54, 1.807) is 13.2 Å². The Bertz CT molecular complexity index is 750. The fraction of sp³-hybridized carbons (Fsp3) is 0.286. The monoisotopic (exact) mass is 399 g/mol. The lowest BCUT2D eigenvalue weighted by molar-refractivity contribution is -0.126. The smallest absolute Gasteiger partial charge is 0.246 e. The number of halogens is 1. The van der Waals surface area contributed by atoms with E-state index in [4.69, 9.17) is 4.74 Å². The van der Waals surface area contributed by atoms with Gasteiger partial charge in [0.2, 0.25) is 5.91 Å². The highest BCUT2D eigenvalue weighted by Gasteiger charge is 2.22. The van der Waals surface area contributed by atoms with Crippen LogP contribution in [-0.2, 0) is 4.79 Å². The maximum atomic E-state index is 12.5. The minimum Gasteiger partial charge on any atom is -0.496 e. The zero-order valence-corrected chi connectivity index (χ0v) is 15.9. The number of rotatable bonds is 4. The first-order chi connectivity index (χ1) is 12.2. The van der Waals surface area contributed by atoms with E-state index in [2.05, 4.69) is 40.2 Å². The van der Waals surface area contributed by atoms with Crippen molar-refractivity contribution >= 4 is 27.9 Å². The molecule has 3 rings (SSSR count). The van der Waals surface area contributed by atoms with Crippen LogP contribution >= 0.6 is 15.9 Å². The van der Waals surface area contributed by atoms with Gasteiger partial charge in [-0.2, -0.15) is 0 Å². The molecule has 0 aliphatic carbocycles. The summed E-state index contributed by atoms with van der Waals surface area (Å²) in [6.07, 6.45) is 5.51. The normalized spacial score (nSPS) is 15.5. The summed E-state index contributed by atoms with van der Waals surface area (Å²) in [5.74, 6) is 1.38. The van der Waals surface area contributed by atoms with Gasteiger partial charge in [0.15, 0.2) is 0 Å². The molecule has 25 heavy (non-hydrogen) atoms. The van der Waals surface area contributed by atoms with E-state index in [9.17, 15) is 4.79 Å². The molecule has 0 unspecified atom stereocenters. The number of nitrogens with zero attached hydrogens (tertiary/aromatic N) is 1. The van der Waals surface area contributed by atoms with Crippen molar-refractivity contribution in [1.82, 2.24) is 4.90 Å². The lowest BCUT2D eigenvalue weighted by Crippen LogP contribution is -2.36. The van der Waals surface area contributed by atoms with Crippen molar-refractivity contribution in [3.05, 3.63) is 70.2 Å². The van der Waals surface area contributed by atoms with Crippen LogP contribution in [0.3, 0.4) is 0 Å². The van der Waals surface area contributed by atoms with Crippen molar-refractivity contribution in [2.75, 3.05) is 20.2 Å². The Labute approximate surface area is 157 Å². The third kappa shape index (κ3) is 4.51. The highest BCUT2D eigenvalue weighted by Crippen LogP contribution is 2.28. The Balaban J connectivity index is 1.61. The third-order valence-electron chi connectivity index (χ3n) is 4.67. The van der Waals surface area contributed by atoms with Crippen molar-refractivity contribution in [2.24, 2.45) is 0 Å². The number of benzene rings is 2. The molecule has 0 aromatic heterocycles. The average Bonchev–Trinajstić information content (AvgIpc) is 2.67. The van der Waals surface area contributed by atoms with Crippen molar-refractivity contribution < 1.29 is 9.53 Å². The number of piperidine rings is 1. The molecule has 2 aromatic rings. The Morgan fingerprint density at radius 3 is 2.56 bits per heavy atom. The standard InChI is InChI=1S/C21H22BrNO2/c1-25-20-9-8-19(22)15-18(20)7-10-21(24)23-13-11-17(12-14-23)16-5-3-2-4-6-16/h2-10,15,17H,11-14H2,1H3/b10-7+. The molecule has 1 aliphatic rings. The van der Waals surface area contributed by atoms with Gasteiger partial charge in [-0.15, -0.1) is 0 Å². The van der Waals surface area contributed by atoms with E-state index in [0.29, 0.717) is 5.92 Å². The van der Waals surface area contributed by atoms with E-state index in [-0.39, 0.29) is 5.91 Å². The van der Waals surface area contributed by atoms with Gasteiger partial charge in [-0.05, 0) is 48.6 Å². The fourth-order valence-electron chi connectivity index (χ4n) is 3.26. The fourth-order valence-corrected chi connectivity index (χ4v) is 3.64. The summed E-state index contributed by atoms with van der Waals surface area (Å²) >= 11 is 3.45. The van der Waals surface area contributed by atoms with Crippen molar-refractivity contribution in [3.63, 3.8) is 0 Å². The first-order valence-corrected chi connectivity index (χ1v) is 9.32. The summed E-state index contributed by atoms with van der Waals surface area (Å²) in [6, 6.07) is 16.3. The average molecular weight is 400 g/mol. The van der Waals surface area contributed by atoms with Crippen LogP contribution in [-0.4, -0.2) is 31.0 Å². The SMILES string of the molecule is COc1ccc(Br)cc1/C=C/C(=O)N1CCC(c2ccccc2)CC1. The van der Waals surface area contributed by atoms with E-state index < -0.39 is 0 Å². The van der Waals surface area contributed by atoms with E-state index in [1.165, 1.54) is 5.56 Å². The molecule has 0 N–H and O–H groups in total. The first kappa shape index (κ1) is 17.7. The molecule has 3 nitrogen and oxygen atoms in total. The highest BCUT2D eigenvalue weighted by atomic mass is 79.9. The first-order valence-electron chi connectivity index (χ1n) is 8.53. The van der Waals surface area contributed by atoms with Crippen molar-refractivity contribution in [2.45, 2.75) is 18.8 Å². The number of methoxy groups -OCH3 is 1. The Morgan fingerprint density at radius 1 is 1.16 bits per heavy atom. The van der Waals surface area contributed by atoms with Gasteiger partial charge in [-0.25, -0.2) is 0 Å². The van der Waals surface area contributed by atoms with Gasteiger partial charge < -0.3 is 9.64 Å². The van der Waals surface area contributed by atoms with Crippen LogP contribution < -0.4 is 4.74 Å². The summed E-state index contributed by atoms with van der Waals surface area (Å²) in [5, 5.41) is 0. The summed E-state index contributed by atoms with van der Waals surface area (Å²) in [4.78, 5) is 14.4. The molecule has 0 bridgehead atoms. The van der Waals surface area contributed by atoms with Crippen LogP contribution in [0, 0.1) is 0 Å². The predicted octanol–water partition coefficient (Wildman–Crippen LogP) is 4.88. The van der Waals surface area contributed by atoms with Gasteiger partial charge in [0.05, 0.1) is 7.11 Å². The van der Waals surface area contributed by atoms with Crippen LogP contribution in [0.4, 0.5) is 0 Å². The molecule has 0 spiro atoms. The Hall–Kier alpha value is -2.07. The Morgan fingerprint density at radius 2 is 1.88 bits per heavy atom. The second-order valence-electron chi connectivity index (χ2n) is 6.23. The molecule has 1 aliphatic heterocycles. The molecule has 2 aromatic carbocycles. The zero-order chi connectivity index (χ0) is 17.6. The quantitative estimate of drug-likeness (QED) is 0.685. The predicted molar refractivity (Wildman–Crippen MR) is 105 cm³/mol. The lowest BCUT2D eigenvalue weighted by atomic mass is 9.89. The number of hydrogen-bond donors (Lipinski definition) is 0. The number of likely N-dealkylation sites (tertiary alicyclic amines) is 1. The number of amides is 1. The van der Waals surface area contributed by atoms with Crippen molar-refractivity contribution in [3.8, 4) is 5.75 Å². The lowest BCUT2D eigenvalue weighted by Gasteiger charge is -2.31.